The van der Waals surface area contributed by atoms with Crippen LogP contribution < -0.4 is 18.9 Å². The van der Waals surface area contributed by atoms with E-state index in [1.165, 1.54) is 6.26 Å². The van der Waals surface area contributed by atoms with Crippen LogP contribution in [0.1, 0.15) is 23.1 Å². The fourth-order valence-corrected chi connectivity index (χ4v) is 3.34. The lowest BCUT2D eigenvalue weighted by Gasteiger charge is -2.20. The number of fused-ring (bicyclic) bond motifs is 2. The molecule has 0 N–H and O–H groups in total. The van der Waals surface area contributed by atoms with E-state index in [-0.39, 0.29) is 12.4 Å². The number of rotatable bonds is 6. The molecule has 29 heavy (non-hydrogen) atoms. The predicted octanol–water partition coefficient (Wildman–Crippen LogP) is 4.06. The first-order valence-electron chi connectivity index (χ1n) is 9.40. The lowest BCUT2D eigenvalue weighted by Crippen LogP contribution is -2.12. The van der Waals surface area contributed by atoms with E-state index in [0.29, 0.717) is 36.7 Å². The van der Waals surface area contributed by atoms with Crippen molar-refractivity contribution in [3.05, 3.63) is 65.1 Å². The monoisotopic (exact) mass is 394 g/mol. The Hall–Kier alpha value is -3.41. The summed E-state index contributed by atoms with van der Waals surface area (Å²) in [5.74, 6) is 3.01. The molecule has 2 aliphatic heterocycles. The maximum absolute atomic E-state index is 12.3. The van der Waals surface area contributed by atoms with Gasteiger partial charge in [0.05, 0.1) is 14.2 Å². The Balaban J connectivity index is 1.35. The summed E-state index contributed by atoms with van der Waals surface area (Å²) in [6, 6.07) is 9.48. The van der Waals surface area contributed by atoms with Gasteiger partial charge in [-0.3, -0.25) is 4.79 Å². The molecular weight excluding hydrogens is 372 g/mol. The number of allylic oxidation sites excluding steroid dienone is 1. The van der Waals surface area contributed by atoms with E-state index in [1.54, 1.807) is 14.2 Å². The third-order valence-electron chi connectivity index (χ3n) is 4.82. The molecule has 0 amide bonds. The van der Waals surface area contributed by atoms with Crippen LogP contribution in [0, 0.1) is 0 Å². The minimum atomic E-state index is -0.306. The van der Waals surface area contributed by atoms with Crippen LogP contribution in [0.2, 0.25) is 0 Å². The van der Waals surface area contributed by atoms with Crippen molar-refractivity contribution in [1.29, 1.82) is 0 Å². The first-order valence-corrected chi connectivity index (χ1v) is 9.40. The second-order valence-corrected chi connectivity index (χ2v) is 6.75. The van der Waals surface area contributed by atoms with Gasteiger partial charge < -0.3 is 23.7 Å². The number of hydrogen-bond donors (Lipinski definition) is 0. The topological polar surface area (TPSA) is 63.2 Å². The molecule has 2 aromatic carbocycles. The van der Waals surface area contributed by atoms with Gasteiger partial charge in [-0.1, -0.05) is 12.1 Å². The molecule has 6 nitrogen and oxygen atoms in total. The van der Waals surface area contributed by atoms with Crippen LogP contribution >= 0.6 is 0 Å². The van der Waals surface area contributed by atoms with Gasteiger partial charge in [0.1, 0.15) is 30.1 Å². The van der Waals surface area contributed by atoms with E-state index in [1.807, 2.05) is 42.5 Å². The van der Waals surface area contributed by atoms with Crippen molar-refractivity contribution in [3.8, 4) is 23.0 Å². The van der Waals surface area contributed by atoms with Crippen LogP contribution in [0.4, 0.5) is 0 Å². The van der Waals surface area contributed by atoms with E-state index in [2.05, 4.69) is 0 Å². The van der Waals surface area contributed by atoms with E-state index in [4.69, 9.17) is 23.7 Å². The van der Waals surface area contributed by atoms with Gasteiger partial charge in [0.15, 0.2) is 11.5 Å². The van der Waals surface area contributed by atoms with Crippen LogP contribution in [0.3, 0.4) is 0 Å². The van der Waals surface area contributed by atoms with Gasteiger partial charge in [0.25, 0.3) is 0 Å². The molecule has 4 rings (SSSR count). The van der Waals surface area contributed by atoms with Gasteiger partial charge in [-0.05, 0) is 36.3 Å². The van der Waals surface area contributed by atoms with Gasteiger partial charge in [-0.15, -0.1) is 0 Å². The molecule has 2 heterocycles. The van der Waals surface area contributed by atoms with Crippen molar-refractivity contribution >= 4 is 12.0 Å². The summed E-state index contributed by atoms with van der Waals surface area (Å²) >= 11 is 0. The number of hydrogen-bond acceptors (Lipinski definition) is 6. The van der Waals surface area contributed by atoms with Crippen LogP contribution in [-0.4, -0.2) is 26.8 Å². The molecule has 0 saturated carbocycles. The lowest BCUT2D eigenvalue weighted by atomic mass is 10.0. The van der Waals surface area contributed by atoms with Crippen LogP contribution in [-0.2, 0) is 22.4 Å². The van der Waals surface area contributed by atoms with E-state index < -0.39 is 0 Å². The van der Waals surface area contributed by atoms with Crippen LogP contribution in [0.15, 0.2) is 48.4 Å². The molecule has 0 saturated heterocycles. The first kappa shape index (κ1) is 18.9. The molecule has 150 valence electrons. The molecule has 0 aromatic heterocycles. The first-order chi connectivity index (χ1) is 14.2. The number of benzene rings is 2. The molecule has 2 aromatic rings. The molecule has 0 fully saturated rings. The van der Waals surface area contributed by atoms with Gasteiger partial charge >= 0.3 is 5.97 Å². The summed E-state index contributed by atoms with van der Waals surface area (Å²) in [7, 11) is 3.18. The highest BCUT2D eigenvalue weighted by Gasteiger charge is 2.20. The number of methoxy groups -OCH3 is 2. The Morgan fingerprint density at radius 2 is 1.93 bits per heavy atom. The molecular formula is C23H22O6. The highest BCUT2D eigenvalue weighted by Crippen LogP contribution is 2.36. The fourth-order valence-electron chi connectivity index (χ4n) is 3.34. The maximum atomic E-state index is 12.3. The molecule has 0 aliphatic carbocycles. The van der Waals surface area contributed by atoms with Gasteiger partial charge in [-0.25, -0.2) is 0 Å². The lowest BCUT2D eigenvalue weighted by molar-refractivity contribution is -0.139. The fraction of sp³-hybridized carbons (Fsp3) is 0.261. The smallest absolute Gasteiger partial charge is 0.311 e. The van der Waals surface area contributed by atoms with Crippen molar-refractivity contribution in [3.63, 3.8) is 0 Å². The Morgan fingerprint density at radius 1 is 1.07 bits per heavy atom. The highest BCUT2D eigenvalue weighted by molar-refractivity contribution is 5.71. The zero-order chi connectivity index (χ0) is 20.2. The molecule has 6 heteroatoms. The summed E-state index contributed by atoms with van der Waals surface area (Å²) in [6.45, 7) is 0.560. The van der Waals surface area contributed by atoms with Crippen molar-refractivity contribution in [2.24, 2.45) is 0 Å². The minimum Gasteiger partial charge on any atom is -0.493 e. The third-order valence-corrected chi connectivity index (χ3v) is 4.82. The predicted molar refractivity (Wildman–Crippen MR) is 107 cm³/mol. The number of esters is 1. The van der Waals surface area contributed by atoms with E-state index >= 15 is 0 Å². The zero-order valence-corrected chi connectivity index (χ0v) is 16.4. The van der Waals surface area contributed by atoms with Crippen molar-refractivity contribution < 1.29 is 28.5 Å². The summed E-state index contributed by atoms with van der Waals surface area (Å²) in [5, 5.41) is 0. The summed E-state index contributed by atoms with van der Waals surface area (Å²) in [6.07, 6.45) is 6.76. The zero-order valence-electron chi connectivity index (χ0n) is 16.4. The molecule has 0 atom stereocenters. The largest absolute Gasteiger partial charge is 0.493 e. The van der Waals surface area contributed by atoms with E-state index in [9.17, 15) is 4.79 Å². The van der Waals surface area contributed by atoms with Crippen molar-refractivity contribution in [1.82, 2.24) is 0 Å². The maximum Gasteiger partial charge on any atom is 0.311 e. The second-order valence-electron chi connectivity index (χ2n) is 6.75. The summed E-state index contributed by atoms with van der Waals surface area (Å²) in [4.78, 5) is 12.3. The molecule has 0 unspecified atom stereocenters. The van der Waals surface area contributed by atoms with Crippen LogP contribution in [0.5, 0.6) is 23.0 Å². The molecule has 0 radical (unpaired) electrons. The van der Waals surface area contributed by atoms with Crippen molar-refractivity contribution in [2.75, 3.05) is 20.8 Å². The Kier molecular flexibility index (Phi) is 5.42. The minimum absolute atomic E-state index is 0.250. The molecule has 2 aliphatic rings. The Bertz CT molecular complexity index is 989. The molecule has 0 bridgehead atoms. The van der Waals surface area contributed by atoms with E-state index in [0.717, 1.165) is 28.2 Å². The normalized spacial score (nSPS) is 13.9. The Morgan fingerprint density at radius 3 is 2.76 bits per heavy atom. The standard InChI is InChI=1S/C23H22O6/c1-25-19-7-5-15(10-22(19)26-2)6-8-23(24)29-18-12-17-11-16-4-3-9-27-20(16)13-21(17)28-14-18/h3-5,7,10-11,13-14H,6,8-9,12H2,1-2H3. The number of aryl methyl sites for hydroxylation is 1. The van der Waals surface area contributed by atoms with Crippen LogP contribution in [0.25, 0.3) is 6.08 Å². The third kappa shape index (κ3) is 4.21. The number of carbonyl (C=O) groups is 1. The average Bonchev–Trinajstić information content (AvgIpc) is 2.76. The van der Waals surface area contributed by atoms with Gasteiger partial charge in [0.2, 0.25) is 0 Å². The number of carbonyl (C=O) groups excluding carboxylic acids is 1. The highest BCUT2D eigenvalue weighted by atomic mass is 16.6. The average molecular weight is 394 g/mol. The Labute approximate surface area is 169 Å². The number of ether oxygens (including phenoxy) is 5. The summed E-state index contributed by atoms with van der Waals surface area (Å²) in [5.41, 5.74) is 2.93. The summed E-state index contributed by atoms with van der Waals surface area (Å²) < 4.78 is 27.3. The molecule has 0 spiro atoms. The second kappa shape index (κ2) is 8.31. The quantitative estimate of drug-likeness (QED) is 0.689. The van der Waals surface area contributed by atoms with Gasteiger partial charge in [-0.2, -0.15) is 0 Å². The SMILES string of the molecule is COc1ccc(CCC(=O)OC2=COc3cc4c(cc3C2)C=CCO4)cc1OC. The van der Waals surface area contributed by atoms with Gasteiger partial charge in [0, 0.05) is 30.0 Å². The van der Waals surface area contributed by atoms with Crippen molar-refractivity contribution in [2.45, 2.75) is 19.3 Å².